The lowest BCUT2D eigenvalue weighted by Crippen LogP contribution is -2.46. The Morgan fingerprint density at radius 1 is 0.909 bits per heavy atom. The van der Waals surface area contributed by atoms with Gasteiger partial charge in [0, 0.05) is 63.1 Å². The number of hydrogen-bond acceptors (Lipinski definition) is 6. The lowest BCUT2D eigenvalue weighted by molar-refractivity contribution is 0.248. The van der Waals surface area contributed by atoms with Crippen LogP contribution in [0.15, 0.2) is 31.1 Å². The quantitative estimate of drug-likeness (QED) is 0.834. The summed E-state index contributed by atoms with van der Waals surface area (Å²) in [6.45, 7) is 7.02. The van der Waals surface area contributed by atoms with Crippen LogP contribution in [0.25, 0.3) is 0 Å². The molecule has 1 fully saturated rings. The van der Waals surface area contributed by atoms with Crippen molar-refractivity contribution in [3.05, 3.63) is 42.2 Å². The molecule has 3 rings (SSSR count). The minimum Gasteiger partial charge on any atom is -0.338 e. The van der Waals surface area contributed by atoms with Crippen LogP contribution in [0.2, 0.25) is 0 Å². The Hall–Kier alpha value is -2.08. The SMILES string of the molecule is CCCc1cnc(N2CCN(Cc3cncnc3)CC2)nc1. The van der Waals surface area contributed by atoms with Gasteiger partial charge in [-0.25, -0.2) is 19.9 Å². The summed E-state index contributed by atoms with van der Waals surface area (Å²) < 4.78 is 0. The first kappa shape index (κ1) is 14.8. The molecule has 0 spiro atoms. The molecular weight excluding hydrogens is 276 g/mol. The predicted molar refractivity (Wildman–Crippen MR) is 85.5 cm³/mol. The Kier molecular flexibility index (Phi) is 4.90. The molecule has 0 bridgehead atoms. The highest BCUT2D eigenvalue weighted by molar-refractivity contribution is 5.30. The van der Waals surface area contributed by atoms with E-state index in [4.69, 9.17) is 0 Å². The molecule has 0 radical (unpaired) electrons. The van der Waals surface area contributed by atoms with E-state index < -0.39 is 0 Å². The molecule has 0 saturated carbocycles. The maximum absolute atomic E-state index is 4.51. The van der Waals surface area contributed by atoms with E-state index in [1.54, 1.807) is 6.33 Å². The topological polar surface area (TPSA) is 58.0 Å². The fourth-order valence-corrected chi connectivity index (χ4v) is 2.70. The monoisotopic (exact) mass is 298 g/mol. The molecule has 0 N–H and O–H groups in total. The minimum atomic E-state index is 0.850. The van der Waals surface area contributed by atoms with Gasteiger partial charge in [-0.2, -0.15) is 0 Å². The second kappa shape index (κ2) is 7.26. The van der Waals surface area contributed by atoms with Crippen LogP contribution in [-0.4, -0.2) is 51.0 Å². The lowest BCUT2D eigenvalue weighted by atomic mass is 10.2. The zero-order chi connectivity index (χ0) is 15.2. The maximum Gasteiger partial charge on any atom is 0.225 e. The van der Waals surface area contributed by atoms with Crippen LogP contribution >= 0.6 is 0 Å². The summed E-state index contributed by atoms with van der Waals surface area (Å²) >= 11 is 0. The number of anilines is 1. The third-order valence-electron chi connectivity index (χ3n) is 3.91. The molecule has 1 aliphatic rings. The second-order valence-electron chi connectivity index (χ2n) is 5.65. The molecule has 0 aliphatic carbocycles. The Balaban J connectivity index is 1.53. The molecular formula is C16H22N6. The van der Waals surface area contributed by atoms with Crippen LogP contribution in [-0.2, 0) is 13.0 Å². The van der Waals surface area contributed by atoms with Gasteiger partial charge in [-0.05, 0) is 12.0 Å². The third kappa shape index (κ3) is 3.76. The number of nitrogens with zero attached hydrogens (tertiary/aromatic N) is 6. The molecule has 6 heteroatoms. The Morgan fingerprint density at radius 2 is 1.59 bits per heavy atom. The Bertz CT molecular complexity index is 563. The van der Waals surface area contributed by atoms with Crippen molar-refractivity contribution in [1.82, 2.24) is 24.8 Å². The van der Waals surface area contributed by atoms with E-state index in [-0.39, 0.29) is 0 Å². The molecule has 116 valence electrons. The first-order valence-electron chi connectivity index (χ1n) is 7.87. The van der Waals surface area contributed by atoms with Gasteiger partial charge in [0.25, 0.3) is 0 Å². The van der Waals surface area contributed by atoms with Gasteiger partial charge >= 0.3 is 0 Å². The van der Waals surface area contributed by atoms with Gasteiger partial charge in [-0.3, -0.25) is 4.90 Å². The van der Waals surface area contributed by atoms with Gasteiger partial charge in [-0.15, -0.1) is 0 Å². The summed E-state index contributed by atoms with van der Waals surface area (Å²) in [6, 6.07) is 0. The van der Waals surface area contributed by atoms with Gasteiger partial charge in [0.05, 0.1) is 0 Å². The molecule has 1 aliphatic heterocycles. The smallest absolute Gasteiger partial charge is 0.225 e. The molecule has 2 aromatic heterocycles. The van der Waals surface area contributed by atoms with Gasteiger partial charge < -0.3 is 4.90 Å². The summed E-state index contributed by atoms with van der Waals surface area (Å²) in [6.07, 6.45) is 11.4. The van der Waals surface area contributed by atoms with Gasteiger partial charge in [0.1, 0.15) is 6.33 Å². The molecule has 1 saturated heterocycles. The number of rotatable bonds is 5. The first-order chi connectivity index (χ1) is 10.8. The van der Waals surface area contributed by atoms with Crippen molar-refractivity contribution in [3.8, 4) is 0 Å². The van der Waals surface area contributed by atoms with Crippen molar-refractivity contribution in [2.75, 3.05) is 31.1 Å². The maximum atomic E-state index is 4.51. The van der Waals surface area contributed by atoms with Gasteiger partial charge in [0.15, 0.2) is 0 Å². The van der Waals surface area contributed by atoms with E-state index in [9.17, 15) is 0 Å². The van der Waals surface area contributed by atoms with E-state index in [0.717, 1.165) is 57.1 Å². The van der Waals surface area contributed by atoms with Crippen molar-refractivity contribution < 1.29 is 0 Å². The van der Waals surface area contributed by atoms with Gasteiger partial charge in [-0.1, -0.05) is 13.3 Å². The van der Waals surface area contributed by atoms with E-state index in [0.29, 0.717) is 0 Å². The predicted octanol–water partition coefficient (Wildman–Crippen LogP) is 1.54. The van der Waals surface area contributed by atoms with E-state index in [1.807, 2.05) is 24.8 Å². The molecule has 0 atom stereocenters. The van der Waals surface area contributed by atoms with Crippen LogP contribution in [0.5, 0.6) is 0 Å². The lowest BCUT2D eigenvalue weighted by Gasteiger charge is -2.34. The van der Waals surface area contributed by atoms with Crippen LogP contribution in [0, 0.1) is 0 Å². The first-order valence-corrected chi connectivity index (χ1v) is 7.87. The summed E-state index contributed by atoms with van der Waals surface area (Å²) in [5, 5.41) is 0. The Morgan fingerprint density at radius 3 is 2.23 bits per heavy atom. The van der Waals surface area contributed by atoms with Crippen LogP contribution < -0.4 is 4.90 Å². The molecule has 2 aromatic rings. The standard InChI is InChI=1S/C16H22N6/c1-2-3-14-10-19-16(20-11-14)22-6-4-21(5-7-22)12-15-8-17-13-18-9-15/h8-11,13H,2-7,12H2,1H3. The van der Waals surface area contributed by atoms with E-state index in [1.165, 1.54) is 5.56 Å². The van der Waals surface area contributed by atoms with E-state index >= 15 is 0 Å². The summed E-state index contributed by atoms with van der Waals surface area (Å²) in [5.41, 5.74) is 2.38. The zero-order valence-electron chi connectivity index (χ0n) is 13.0. The van der Waals surface area contributed by atoms with Crippen molar-refractivity contribution in [2.45, 2.75) is 26.3 Å². The highest BCUT2D eigenvalue weighted by Crippen LogP contribution is 2.13. The molecule has 0 unspecified atom stereocenters. The number of piperazine rings is 1. The Labute approximate surface area is 131 Å². The van der Waals surface area contributed by atoms with Crippen molar-refractivity contribution in [1.29, 1.82) is 0 Å². The molecule has 6 nitrogen and oxygen atoms in total. The molecule has 0 amide bonds. The molecule has 22 heavy (non-hydrogen) atoms. The molecule has 3 heterocycles. The average Bonchev–Trinajstić information content (AvgIpc) is 2.58. The van der Waals surface area contributed by atoms with E-state index in [2.05, 4.69) is 36.7 Å². The second-order valence-corrected chi connectivity index (χ2v) is 5.65. The number of aromatic nitrogens is 4. The van der Waals surface area contributed by atoms with Crippen molar-refractivity contribution >= 4 is 5.95 Å². The minimum absolute atomic E-state index is 0.850. The van der Waals surface area contributed by atoms with Crippen LogP contribution in [0.1, 0.15) is 24.5 Å². The highest BCUT2D eigenvalue weighted by Gasteiger charge is 2.19. The van der Waals surface area contributed by atoms with Crippen molar-refractivity contribution in [3.63, 3.8) is 0 Å². The fraction of sp³-hybridized carbons (Fsp3) is 0.500. The molecule has 0 aromatic carbocycles. The largest absolute Gasteiger partial charge is 0.338 e. The number of hydrogen-bond donors (Lipinski definition) is 0. The summed E-state index contributed by atoms with van der Waals surface area (Å²) in [4.78, 5) is 21.8. The van der Waals surface area contributed by atoms with Crippen LogP contribution in [0.4, 0.5) is 5.95 Å². The fourth-order valence-electron chi connectivity index (χ4n) is 2.70. The number of aryl methyl sites for hydroxylation is 1. The van der Waals surface area contributed by atoms with Gasteiger partial charge in [0.2, 0.25) is 5.95 Å². The highest BCUT2D eigenvalue weighted by atomic mass is 15.3. The summed E-state index contributed by atoms with van der Waals surface area (Å²) in [7, 11) is 0. The van der Waals surface area contributed by atoms with Crippen molar-refractivity contribution in [2.24, 2.45) is 0 Å². The summed E-state index contributed by atoms with van der Waals surface area (Å²) in [5.74, 6) is 0.850. The van der Waals surface area contributed by atoms with Crippen LogP contribution in [0.3, 0.4) is 0 Å². The normalized spacial score (nSPS) is 16.0. The average molecular weight is 298 g/mol. The third-order valence-corrected chi connectivity index (χ3v) is 3.91. The zero-order valence-corrected chi connectivity index (χ0v) is 13.0.